The van der Waals surface area contributed by atoms with Gasteiger partial charge in [-0.25, -0.2) is 14.4 Å². The van der Waals surface area contributed by atoms with E-state index >= 15 is 0 Å². The van der Waals surface area contributed by atoms with E-state index in [4.69, 9.17) is 24.5 Å². The molecular formula is C11H20N2O6. The number of ether oxygens (including phenoxy) is 1. The molecule has 0 heterocycles. The number of carboxylic acids is 2. The van der Waals surface area contributed by atoms with Crippen LogP contribution in [0.4, 0.5) is 4.79 Å². The van der Waals surface area contributed by atoms with Gasteiger partial charge in [0.2, 0.25) is 0 Å². The number of aliphatic carboxylic acids is 2. The van der Waals surface area contributed by atoms with Gasteiger partial charge in [0.25, 0.3) is 0 Å². The molecule has 0 unspecified atom stereocenters. The molecule has 1 amide bonds. The summed E-state index contributed by atoms with van der Waals surface area (Å²) in [4.78, 5) is 32.9. The van der Waals surface area contributed by atoms with Gasteiger partial charge in [-0.05, 0) is 20.5 Å². The fraction of sp³-hybridized carbons (Fsp3) is 0.727. The van der Waals surface area contributed by atoms with Gasteiger partial charge in [0.05, 0.1) is 6.61 Å². The minimum Gasteiger partial charge on any atom is -0.473 e. The Bertz CT molecular complexity index is 330. The quantitative estimate of drug-likeness (QED) is 0.687. The highest BCUT2D eigenvalue weighted by atomic mass is 16.6. The van der Waals surface area contributed by atoms with Gasteiger partial charge < -0.3 is 24.7 Å². The first-order valence-corrected chi connectivity index (χ1v) is 5.63. The lowest BCUT2D eigenvalue weighted by molar-refractivity contribution is -0.159. The average molecular weight is 276 g/mol. The van der Waals surface area contributed by atoms with Crippen molar-refractivity contribution >= 4 is 18.0 Å². The molecule has 1 aliphatic rings. The van der Waals surface area contributed by atoms with Crippen molar-refractivity contribution in [2.75, 3.05) is 34.8 Å². The highest BCUT2D eigenvalue weighted by molar-refractivity contribution is 6.27. The highest BCUT2D eigenvalue weighted by Gasteiger charge is 2.39. The van der Waals surface area contributed by atoms with Crippen molar-refractivity contribution in [1.29, 1.82) is 0 Å². The maximum Gasteiger partial charge on any atom is 0.414 e. The Morgan fingerprint density at radius 3 is 1.84 bits per heavy atom. The Kier molecular flexibility index (Phi) is 6.84. The summed E-state index contributed by atoms with van der Waals surface area (Å²) in [5.41, 5.74) is 0. The molecule has 0 aromatic rings. The lowest BCUT2D eigenvalue weighted by Gasteiger charge is -2.12. The summed E-state index contributed by atoms with van der Waals surface area (Å²) in [6, 6.07) is 0.606. The first-order chi connectivity index (χ1) is 8.66. The van der Waals surface area contributed by atoms with Gasteiger partial charge in [-0.15, -0.1) is 0 Å². The van der Waals surface area contributed by atoms with E-state index < -0.39 is 11.9 Å². The molecule has 0 aromatic heterocycles. The second-order valence-electron chi connectivity index (χ2n) is 4.61. The molecule has 2 N–H and O–H groups in total. The molecule has 19 heavy (non-hydrogen) atoms. The van der Waals surface area contributed by atoms with Crippen LogP contribution in [0, 0.1) is 5.92 Å². The standard InChI is InChI=1S/C9H18N2O2.C2H2O4/c1-10(2)8-5-7(8)6-13-9(12)11(3)4;3-1(4)2(5)6/h7-8H,5-6H2,1-4H3;(H,3,4)(H,5,6)/t7-,8-;/m1./s1. The van der Waals surface area contributed by atoms with Crippen LogP contribution >= 0.6 is 0 Å². The molecule has 2 atom stereocenters. The average Bonchev–Trinajstić information content (AvgIpc) is 3.05. The van der Waals surface area contributed by atoms with Crippen molar-refractivity contribution < 1.29 is 29.3 Å². The van der Waals surface area contributed by atoms with E-state index in [-0.39, 0.29) is 6.09 Å². The molecular weight excluding hydrogens is 256 g/mol. The molecule has 1 fully saturated rings. The molecule has 8 heteroatoms. The molecule has 8 nitrogen and oxygen atoms in total. The van der Waals surface area contributed by atoms with E-state index in [1.165, 1.54) is 4.90 Å². The SMILES string of the molecule is CN(C)C(=O)OC[C@H]1C[C@H]1N(C)C.O=C(O)C(=O)O. The van der Waals surface area contributed by atoms with Gasteiger partial charge >= 0.3 is 18.0 Å². The Hall–Kier alpha value is -1.83. The topological polar surface area (TPSA) is 107 Å². The van der Waals surface area contributed by atoms with Crippen molar-refractivity contribution in [2.24, 2.45) is 5.92 Å². The molecule has 110 valence electrons. The summed E-state index contributed by atoms with van der Waals surface area (Å²) in [5, 5.41) is 14.8. The summed E-state index contributed by atoms with van der Waals surface area (Å²) in [6.07, 6.45) is 0.901. The molecule has 1 saturated carbocycles. The molecule has 1 rings (SSSR count). The molecule has 0 bridgehead atoms. The van der Waals surface area contributed by atoms with E-state index in [1.54, 1.807) is 14.1 Å². The maximum absolute atomic E-state index is 11.0. The number of carbonyl (C=O) groups is 3. The van der Waals surface area contributed by atoms with Crippen LogP contribution in [0.3, 0.4) is 0 Å². The number of amides is 1. The molecule has 0 saturated heterocycles. The van der Waals surface area contributed by atoms with Crippen LogP contribution in [0.2, 0.25) is 0 Å². The fourth-order valence-corrected chi connectivity index (χ4v) is 1.35. The van der Waals surface area contributed by atoms with Gasteiger partial charge in [0, 0.05) is 26.1 Å². The van der Waals surface area contributed by atoms with Crippen molar-refractivity contribution in [1.82, 2.24) is 9.80 Å². The van der Waals surface area contributed by atoms with Crippen molar-refractivity contribution in [3.8, 4) is 0 Å². The van der Waals surface area contributed by atoms with Crippen LogP contribution in [0.1, 0.15) is 6.42 Å². The zero-order valence-electron chi connectivity index (χ0n) is 11.5. The summed E-state index contributed by atoms with van der Waals surface area (Å²) in [5.74, 6) is -3.11. The predicted molar refractivity (Wildman–Crippen MR) is 65.9 cm³/mol. The second-order valence-corrected chi connectivity index (χ2v) is 4.61. The normalized spacial score (nSPS) is 20.1. The van der Waals surface area contributed by atoms with Crippen LogP contribution in [0.5, 0.6) is 0 Å². The van der Waals surface area contributed by atoms with Crippen LogP contribution in [0.25, 0.3) is 0 Å². The number of carbonyl (C=O) groups excluding carboxylic acids is 1. The highest BCUT2D eigenvalue weighted by Crippen LogP contribution is 2.34. The zero-order chi connectivity index (χ0) is 15.2. The van der Waals surface area contributed by atoms with E-state index in [2.05, 4.69) is 19.0 Å². The summed E-state index contributed by atoms with van der Waals surface area (Å²) in [7, 11) is 7.49. The lowest BCUT2D eigenvalue weighted by Crippen LogP contribution is -2.25. The van der Waals surface area contributed by atoms with E-state index in [0.717, 1.165) is 6.42 Å². The van der Waals surface area contributed by atoms with Crippen LogP contribution in [-0.2, 0) is 14.3 Å². The van der Waals surface area contributed by atoms with Gasteiger partial charge in [-0.2, -0.15) is 0 Å². The van der Waals surface area contributed by atoms with Gasteiger partial charge in [0.15, 0.2) is 0 Å². The maximum atomic E-state index is 11.0. The number of hydrogen-bond donors (Lipinski definition) is 2. The Morgan fingerprint density at radius 2 is 1.58 bits per heavy atom. The first kappa shape index (κ1) is 17.2. The van der Waals surface area contributed by atoms with E-state index in [1.807, 2.05) is 0 Å². The minimum atomic E-state index is -1.82. The summed E-state index contributed by atoms with van der Waals surface area (Å²) < 4.78 is 5.07. The molecule has 0 aliphatic heterocycles. The molecule has 0 spiro atoms. The monoisotopic (exact) mass is 276 g/mol. The smallest absolute Gasteiger partial charge is 0.414 e. The van der Waals surface area contributed by atoms with E-state index in [9.17, 15) is 4.79 Å². The number of hydrogen-bond acceptors (Lipinski definition) is 5. The van der Waals surface area contributed by atoms with Crippen molar-refractivity contribution in [3.05, 3.63) is 0 Å². The summed E-state index contributed by atoms with van der Waals surface area (Å²) in [6.45, 7) is 0.555. The third-order valence-corrected chi connectivity index (χ3v) is 2.52. The molecule has 0 aromatic carbocycles. The zero-order valence-corrected chi connectivity index (χ0v) is 11.5. The Labute approximate surface area is 111 Å². The minimum absolute atomic E-state index is 0.246. The van der Waals surface area contributed by atoms with Crippen molar-refractivity contribution in [2.45, 2.75) is 12.5 Å². The first-order valence-electron chi connectivity index (χ1n) is 5.63. The largest absolute Gasteiger partial charge is 0.473 e. The van der Waals surface area contributed by atoms with E-state index in [0.29, 0.717) is 18.6 Å². The Morgan fingerprint density at radius 1 is 1.11 bits per heavy atom. The number of rotatable bonds is 3. The molecule has 0 radical (unpaired) electrons. The third kappa shape index (κ3) is 7.24. The van der Waals surface area contributed by atoms with Gasteiger partial charge in [0.1, 0.15) is 0 Å². The number of nitrogens with zero attached hydrogens (tertiary/aromatic N) is 2. The van der Waals surface area contributed by atoms with Crippen LogP contribution < -0.4 is 0 Å². The fourth-order valence-electron chi connectivity index (χ4n) is 1.35. The van der Waals surface area contributed by atoms with Crippen molar-refractivity contribution in [3.63, 3.8) is 0 Å². The van der Waals surface area contributed by atoms with Crippen LogP contribution in [-0.4, -0.2) is 78.9 Å². The van der Waals surface area contributed by atoms with Gasteiger partial charge in [-0.1, -0.05) is 0 Å². The summed E-state index contributed by atoms with van der Waals surface area (Å²) >= 11 is 0. The van der Waals surface area contributed by atoms with Crippen LogP contribution in [0.15, 0.2) is 0 Å². The second kappa shape index (κ2) is 7.57. The number of carboxylic acid groups (broad SMARTS) is 2. The van der Waals surface area contributed by atoms with Gasteiger partial charge in [-0.3, -0.25) is 0 Å². The predicted octanol–water partition coefficient (Wildman–Crippen LogP) is -0.210. The third-order valence-electron chi connectivity index (χ3n) is 2.52. The molecule has 1 aliphatic carbocycles. The Balaban J connectivity index is 0.000000459. The lowest BCUT2D eigenvalue weighted by atomic mass is 10.4.